The first-order chi connectivity index (χ1) is 17.5. The van der Waals surface area contributed by atoms with Gasteiger partial charge in [0.15, 0.2) is 0 Å². The first-order valence-corrected chi connectivity index (χ1v) is 13.7. The van der Waals surface area contributed by atoms with E-state index in [0.717, 1.165) is 42.8 Å². The van der Waals surface area contributed by atoms with Crippen LogP contribution in [0.5, 0.6) is 0 Å². The maximum absolute atomic E-state index is 5.31. The minimum Gasteiger partial charge on any atom is -0.294 e. The number of halogens is 2. The summed E-state index contributed by atoms with van der Waals surface area (Å²) in [6.45, 7) is 4.45. The predicted molar refractivity (Wildman–Crippen MR) is 158 cm³/mol. The zero-order valence-corrected chi connectivity index (χ0v) is 23.2. The number of imidazole rings is 1. The smallest absolute Gasteiger partial charge is 0.117 e. The van der Waals surface area contributed by atoms with Gasteiger partial charge in [0.05, 0.1) is 16.9 Å². The summed E-state index contributed by atoms with van der Waals surface area (Å²) in [4.78, 5) is 5.31. The summed E-state index contributed by atoms with van der Waals surface area (Å²) in [6, 6.07) is 36.5. The average molecular weight is 596 g/mol. The molecule has 2 nitrogen and oxygen atoms in total. The molecule has 0 aliphatic rings. The number of hydrogen-bond donors (Lipinski definition) is 0. The summed E-state index contributed by atoms with van der Waals surface area (Å²) in [5.74, 6) is 1.30. The summed E-state index contributed by atoms with van der Waals surface area (Å²) in [5, 5.41) is 2.42. The Bertz CT molecular complexity index is 1700. The average Bonchev–Trinajstić information content (AvgIpc) is 3.31. The Hall–Kier alpha value is -3.21. The van der Waals surface area contributed by atoms with Gasteiger partial charge in [-0.3, -0.25) is 4.40 Å². The van der Waals surface area contributed by atoms with Crippen molar-refractivity contribution in [1.29, 1.82) is 0 Å². The van der Waals surface area contributed by atoms with E-state index in [1.54, 1.807) is 0 Å². The van der Waals surface area contributed by atoms with E-state index in [-0.39, 0.29) is 5.92 Å². The molecule has 4 aromatic carbocycles. The zero-order chi connectivity index (χ0) is 24.8. The number of aromatic nitrogens is 2. The molecule has 0 aliphatic heterocycles. The molecule has 0 fully saturated rings. The topological polar surface area (TPSA) is 17.3 Å². The van der Waals surface area contributed by atoms with Gasteiger partial charge in [-0.1, -0.05) is 125 Å². The number of pyridine rings is 1. The van der Waals surface area contributed by atoms with Crippen LogP contribution in [0.2, 0.25) is 0 Å². The minimum atomic E-state index is 0.239. The molecule has 0 amide bonds. The van der Waals surface area contributed by atoms with E-state index in [1.165, 1.54) is 21.9 Å². The van der Waals surface area contributed by atoms with Gasteiger partial charge in [0.2, 0.25) is 0 Å². The fraction of sp³-hybridized carbons (Fsp3) is 0.0938. The molecule has 2 aromatic heterocycles. The Labute approximate surface area is 227 Å². The van der Waals surface area contributed by atoms with Gasteiger partial charge in [-0.15, -0.1) is 0 Å². The third kappa shape index (κ3) is 3.89. The van der Waals surface area contributed by atoms with Crippen molar-refractivity contribution in [2.24, 2.45) is 0 Å². The first-order valence-electron chi connectivity index (χ1n) is 12.1. The largest absolute Gasteiger partial charge is 0.294 e. The molecule has 0 bridgehead atoms. The van der Waals surface area contributed by atoms with Crippen LogP contribution in [-0.2, 0) is 0 Å². The van der Waals surface area contributed by atoms with Crippen LogP contribution in [0.4, 0.5) is 0 Å². The molecule has 36 heavy (non-hydrogen) atoms. The van der Waals surface area contributed by atoms with Crippen molar-refractivity contribution in [3.8, 4) is 33.6 Å². The molecule has 0 radical (unpaired) electrons. The molecule has 0 N–H and O–H groups in total. The second-order valence-corrected chi connectivity index (χ2v) is 11.1. The van der Waals surface area contributed by atoms with E-state index in [1.807, 2.05) is 0 Å². The summed E-state index contributed by atoms with van der Waals surface area (Å²) in [5.41, 5.74) is 8.02. The maximum atomic E-state index is 5.31. The van der Waals surface area contributed by atoms with Gasteiger partial charge >= 0.3 is 0 Å². The maximum Gasteiger partial charge on any atom is 0.117 e. The predicted octanol–water partition coefficient (Wildman–Crippen LogP) is 10.1. The van der Waals surface area contributed by atoms with Crippen molar-refractivity contribution < 1.29 is 0 Å². The molecule has 0 spiro atoms. The molecule has 0 saturated carbocycles. The Morgan fingerprint density at radius 2 is 1.17 bits per heavy atom. The molecule has 4 heteroatoms. The van der Waals surface area contributed by atoms with Crippen molar-refractivity contribution in [2.75, 3.05) is 0 Å². The number of hydrogen-bond acceptors (Lipinski definition) is 1. The van der Waals surface area contributed by atoms with Crippen molar-refractivity contribution in [3.63, 3.8) is 0 Å². The third-order valence-corrected chi connectivity index (χ3v) is 7.69. The van der Waals surface area contributed by atoms with Crippen LogP contribution in [0.25, 0.3) is 49.9 Å². The van der Waals surface area contributed by atoms with Gasteiger partial charge in [0, 0.05) is 31.4 Å². The molecule has 0 atom stereocenters. The van der Waals surface area contributed by atoms with E-state index in [0.29, 0.717) is 0 Å². The molecule has 0 saturated heterocycles. The Balaban J connectivity index is 1.88. The Morgan fingerprint density at radius 3 is 1.78 bits per heavy atom. The molecule has 176 valence electrons. The van der Waals surface area contributed by atoms with E-state index in [9.17, 15) is 0 Å². The highest BCUT2D eigenvalue weighted by Gasteiger charge is 2.25. The quantitative estimate of drug-likeness (QED) is 0.198. The van der Waals surface area contributed by atoms with Crippen LogP contribution in [0.1, 0.15) is 25.6 Å². The molecular formula is C32H24Br2N2. The van der Waals surface area contributed by atoms with E-state index in [2.05, 4.69) is 153 Å². The van der Waals surface area contributed by atoms with Crippen molar-refractivity contribution in [2.45, 2.75) is 19.8 Å². The molecule has 0 aliphatic carbocycles. The monoisotopic (exact) mass is 594 g/mol. The normalized spacial score (nSPS) is 11.6. The number of benzene rings is 4. The Morgan fingerprint density at radius 1 is 0.611 bits per heavy atom. The second-order valence-electron chi connectivity index (χ2n) is 9.31. The minimum absolute atomic E-state index is 0.239. The van der Waals surface area contributed by atoms with Crippen LogP contribution >= 0.6 is 31.9 Å². The highest BCUT2D eigenvalue weighted by atomic mass is 79.9. The van der Waals surface area contributed by atoms with E-state index in [4.69, 9.17) is 4.98 Å². The zero-order valence-electron chi connectivity index (χ0n) is 20.0. The molecule has 2 heterocycles. The summed E-state index contributed by atoms with van der Waals surface area (Å²) in [7, 11) is 0. The van der Waals surface area contributed by atoms with Crippen LogP contribution < -0.4 is 0 Å². The number of fused-ring (bicyclic) bond motifs is 3. The number of nitrogens with zero attached hydrogens (tertiary/aromatic N) is 2. The standard InChI is InChI=1S/C32H24Br2N2/c1-20(2)32-35-29(22-8-4-3-5-9-22)31-27-11-7-6-10-26(27)28(21-12-16-24(33)17-13-21)30(36(31)32)23-14-18-25(34)19-15-23/h3-20H,1-2H3. The van der Waals surface area contributed by atoms with Crippen molar-refractivity contribution in [1.82, 2.24) is 9.38 Å². The van der Waals surface area contributed by atoms with Crippen molar-refractivity contribution >= 4 is 48.1 Å². The van der Waals surface area contributed by atoms with Gasteiger partial charge in [-0.25, -0.2) is 4.98 Å². The lowest BCUT2D eigenvalue weighted by molar-refractivity contribution is 0.774. The summed E-state index contributed by atoms with van der Waals surface area (Å²) >= 11 is 7.25. The second kappa shape index (κ2) is 9.34. The van der Waals surface area contributed by atoms with Gasteiger partial charge in [-0.2, -0.15) is 0 Å². The fourth-order valence-corrected chi connectivity index (χ4v) is 5.56. The molecule has 6 aromatic rings. The van der Waals surface area contributed by atoms with Crippen molar-refractivity contribution in [3.05, 3.63) is 118 Å². The third-order valence-electron chi connectivity index (χ3n) is 6.63. The van der Waals surface area contributed by atoms with Gasteiger partial charge < -0.3 is 0 Å². The van der Waals surface area contributed by atoms with Gasteiger partial charge in [-0.05, 0) is 40.8 Å². The SMILES string of the molecule is CC(C)c1nc(-c2ccccc2)c2c3ccccc3c(-c3ccc(Br)cc3)c(-c3ccc(Br)cc3)n12. The molecule has 6 rings (SSSR count). The lowest BCUT2D eigenvalue weighted by Gasteiger charge is -2.20. The van der Waals surface area contributed by atoms with Crippen LogP contribution in [0.15, 0.2) is 112 Å². The first kappa shape index (κ1) is 23.2. The van der Waals surface area contributed by atoms with E-state index < -0.39 is 0 Å². The lowest BCUT2D eigenvalue weighted by Crippen LogP contribution is -2.04. The van der Waals surface area contributed by atoms with Crippen LogP contribution in [0, 0.1) is 0 Å². The van der Waals surface area contributed by atoms with Crippen LogP contribution in [0.3, 0.4) is 0 Å². The molecule has 0 unspecified atom stereocenters. The van der Waals surface area contributed by atoms with Gasteiger partial charge in [0.25, 0.3) is 0 Å². The van der Waals surface area contributed by atoms with Gasteiger partial charge in [0.1, 0.15) is 5.82 Å². The van der Waals surface area contributed by atoms with E-state index >= 15 is 0 Å². The lowest BCUT2D eigenvalue weighted by atomic mass is 9.92. The van der Waals surface area contributed by atoms with Crippen LogP contribution in [-0.4, -0.2) is 9.38 Å². The number of rotatable bonds is 4. The summed E-state index contributed by atoms with van der Waals surface area (Å²) in [6.07, 6.45) is 0. The highest BCUT2D eigenvalue weighted by molar-refractivity contribution is 9.10. The summed E-state index contributed by atoms with van der Waals surface area (Å²) < 4.78 is 4.54. The fourth-order valence-electron chi connectivity index (χ4n) is 5.03. The highest BCUT2D eigenvalue weighted by Crippen LogP contribution is 2.44. The molecular weight excluding hydrogens is 572 g/mol. The Kier molecular flexibility index (Phi) is 6.02.